The molecule has 6 nitrogen and oxygen atoms in total. The summed E-state index contributed by atoms with van der Waals surface area (Å²) in [7, 11) is 0. The van der Waals surface area contributed by atoms with Crippen LogP contribution in [0.3, 0.4) is 0 Å². The van der Waals surface area contributed by atoms with Crippen LogP contribution in [0.15, 0.2) is 29.3 Å². The second-order valence-corrected chi connectivity index (χ2v) is 14.4. The maximum absolute atomic E-state index is 13.3. The Morgan fingerprint density at radius 1 is 0.548 bits per heavy atom. The Bertz CT molecular complexity index is 1060. The molecule has 0 bridgehead atoms. The maximum Gasteiger partial charge on any atom is 0.227 e. The highest BCUT2D eigenvalue weighted by Gasteiger charge is 2.30. The molecule has 0 aliphatic heterocycles. The van der Waals surface area contributed by atoms with E-state index in [1.165, 1.54) is 11.1 Å². The van der Waals surface area contributed by atoms with E-state index in [-0.39, 0.29) is 35.5 Å². The van der Waals surface area contributed by atoms with Gasteiger partial charge in [0.25, 0.3) is 0 Å². The second kappa shape index (κ2) is 14.7. The first-order valence-corrected chi connectivity index (χ1v) is 16.7. The molecule has 0 radical (unpaired) electrons. The molecule has 0 unspecified atom stereocenters. The lowest BCUT2D eigenvalue weighted by Crippen LogP contribution is -2.29. The Hall–Kier alpha value is -2.63. The molecular formula is C36H55N3O3. The zero-order valence-corrected chi connectivity index (χ0v) is 27.0. The first kappa shape index (κ1) is 32.3. The molecule has 3 aliphatic rings. The third kappa shape index (κ3) is 8.70. The zero-order chi connectivity index (χ0) is 30.4. The number of amides is 3. The minimum Gasteiger partial charge on any atom is -0.326 e. The van der Waals surface area contributed by atoms with Crippen molar-refractivity contribution in [2.45, 2.75) is 119 Å². The predicted octanol–water partition coefficient (Wildman–Crippen LogP) is 8.95. The number of hydrogen-bond donors (Lipinski definition) is 3. The van der Waals surface area contributed by atoms with E-state index in [0.717, 1.165) is 77.0 Å². The van der Waals surface area contributed by atoms with Gasteiger partial charge in [0.05, 0.1) is 0 Å². The molecule has 4 rings (SSSR count). The van der Waals surface area contributed by atoms with Crippen molar-refractivity contribution in [1.82, 2.24) is 0 Å². The van der Waals surface area contributed by atoms with Gasteiger partial charge in [-0.05, 0) is 133 Å². The van der Waals surface area contributed by atoms with Crippen LogP contribution in [0.1, 0.15) is 119 Å². The van der Waals surface area contributed by atoms with E-state index in [0.29, 0.717) is 40.7 Å². The van der Waals surface area contributed by atoms with Gasteiger partial charge in [-0.25, -0.2) is 0 Å². The number of rotatable bonds is 8. The minimum atomic E-state index is -0.0309. The third-order valence-electron chi connectivity index (χ3n) is 10.6. The van der Waals surface area contributed by atoms with Gasteiger partial charge in [-0.2, -0.15) is 0 Å². The van der Waals surface area contributed by atoms with Crippen molar-refractivity contribution in [1.29, 1.82) is 0 Å². The number of allylic oxidation sites excluding steroid dienone is 2. The van der Waals surface area contributed by atoms with Crippen molar-refractivity contribution in [2.24, 2.45) is 41.4 Å². The summed E-state index contributed by atoms with van der Waals surface area (Å²) in [6.07, 6.45) is 11.6. The van der Waals surface area contributed by atoms with Crippen molar-refractivity contribution in [3.05, 3.63) is 29.3 Å². The van der Waals surface area contributed by atoms with Crippen LogP contribution in [0.5, 0.6) is 0 Å². The van der Waals surface area contributed by atoms with Gasteiger partial charge in [0.15, 0.2) is 0 Å². The molecule has 42 heavy (non-hydrogen) atoms. The Balaban J connectivity index is 1.45. The lowest BCUT2D eigenvalue weighted by molar-refractivity contribution is -0.121. The van der Waals surface area contributed by atoms with E-state index < -0.39 is 0 Å². The Kier molecular flexibility index (Phi) is 11.3. The summed E-state index contributed by atoms with van der Waals surface area (Å²) < 4.78 is 0. The normalized spacial score (nSPS) is 26.6. The van der Waals surface area contributed by atoms with Gasteiger partial charge in [0.1, 0.15) is 0 Å². The monoisotopic (exact) mass is 577 g/mol. The lowest BCUT2D eigenvalue weighted by atomic mass is 9.76. The van der Waals surface area contributed by atoms with Crippen molar-refractivity contribution in [3.8, 4) is 0 Å². The van der Waals surface area contributed by atoms with E-state index in [1.54, 1.807) is 0 Å². The smallest absolute Gasteiger partial charge is 0.227 e. The maximum atomic E-state index is 13.3. The summed E-state index contributed by atoms with van der Waals surface area (Å²) in [5, 5.41) is 9.38. The minimum absolute atomic E-state index is 0.000980. The van der Waals surface area contributed by atoms with Gasteiger partial charge in [-0.1, -0.05) is 38.8 Å². The van der Waals surface area contributed by atoms with Gasteiger partial charge < -0.3 is 16.0 Å². The summed E-state index contributed by atoms with van der Waals surface area (Å²) in [5.41, 5.74) is 4.70. The first-order chi connectivity index (χ1) is 20.0. The Labute approximate surface area is 254 Å². The molecule has 6 heteroatoms. The van der Waals surface area contributed by atoms with Crippen molar-refractivity contribution in [2.75, 3.05) is 16.0 Å². The molecule has 1 aromatic carbocycles. The summed E-state index contributed by atoms with van der Waals surface area (Å²) >= 11 is 0. The summed E-state index contributed by atoms with van der Waals surface area (Å²) in [5.74, 6) is 2.74. The van der Waals surface area contributed by atoms with Gasteiger partial charge in [0, 0.05) is 34.8 Å². The number of benzene rings is 1. The van der Waals surface area contributed by atoms with Crippen molar-refractivity contribution in [3.63, 3.8) is 0 Å². The van der Waals surface area contributed by atoms with Gasteiger partial charge in [0.2, 0.25) is 17.7 Å². The molecule has 0 atom stereocenters. The quantitative estimate of drug-likeness (QED) is 0.270. The number of anilines is 3. The largest absolute Gasteiger partial charge is 0.326 e. The van der Waals surface area contributed by atoms with Crippen LogP contribution in [0.2, 0.25) is 0 Å². The molecule has 232 valence electrons. The van der Waals surface area contributed by atoms with Crippen LogP contribution in [-0.2, 0) is 14.4 Å². The van der Waals surface area contributed by atoms with E-state index >= 15 is 0 Å². The molecule has 3 fully saturated rings. The number of nitrogens with one attached hydrogen (secondary N) is 3. The summed E-state index contributed by atoms with van der Waals surface area (Å²) in [6, 6.07) is 5.51. The fraction of sp³-hybridized carbons (Fsp3) is 0.694. The highest BCUT2D eigenvalue weighted by atomic mass is 16.2. The van der Waals surface area contributed by atoms with Crippen LogP contribution >= 0.6 is 0 Å². The van der Waals surface area contributed by atoms with Crippen molar-refractivity contribution >= 4 is 34.8 Å². The average Bonchev–Trinajstić information content (AvgIpc) is 2.97. The van der Waals surface area contributed by atoms with E-state index in [4.69, 9.17) is 0 Å². The number of carbonyl (C=O) groups is 3. The zero-order valence-electron chi connectivity index (χ0n) is 27.0. The van der Waals surface area contributed by atoms with Crippen LogP contribution in [0.25, 0.3) is 0 Å². The molecule has 0 heterocycles. The standard InChI is InChI=1S/C36H55N3O3/c1-22(2)25-7-13-28(14-8-25)34(40)37-31-19-32(38-35(41)29-15-9-26(10-16-29)23(3)4)21-33(20-31)39-36(42)30-17-11-27(12-18-30)24(5)6/h19-23,25-26,28-30H,7-18H2,1-6H3,(H,37,40)(H,38,41)(H,39,42). The van der Waals surface area contributed by atoms with Crippen LogP contribution < -0.4 is 16.0 Å². The third-order valence-corrected chi connectivity index (χ3v) is 10.6. The molecule has 0 spiro atoms. The molecule has 3 N–H and O–H groups in total. The number of hydrogen-bond acceptors (Lipinski definition) is 3. The van der Waals surface area contributed by atoms with E-state index in [9.17, 15) is 14.4 Å². The molecule has 3 aliphatic carbocycles. The Morgan fingerprint density at radius 3 is 1.14 bits per heavy atom. The fourth-order valence-corrected chi connectivity index (χ4v) is 7.40. The van der Waals surface area contributed by atoms with Gasteiger partial charge in [-0.15, -0.1) is 0 Å². The second-order valence-electron chi connectivity index (χ2n) is 14.4. The van der Waals surface area contributed by atoms with Crippen LogP contribution in [0.4, 0.5) is 17.1 Å². The predicted molar refractivity (Wildman–Crippen MR) is 173 cm³/mol. The van der Waals surface area contributed by atoms with E-state index in [1.807, 2.05) is 18.2 Å². The van der Waals surface area contributed by atoms with Gasteiger partial charge >= 0.3 is 0 Å². The van der Waals surface area contributed by atoms with Gasteiger partial charge in [-0.3, -0.25) is 14.4 Å². The van der Waals surface area contributed by atoms with Crippen LogP contribution in [-0.4, -0.2) is 17.7 Å². The summed E-state index contributed by atoms with van der Waals surface area (Å²) in [4.78, 5) is 39.8. The average molecular weight is 578 g/mol. The van der Waals surface area contributed by atoms with Crippen molar-refractivity contribution < 1.29 is 14.4 Å². The number of carbonyl (C=O) groups excluding carboxylic acids is 3. The molecule has 0 aromatic heterocycles. The Morgan fingerprint density at radius 2 is 0.857 bits per heavy atom. The van der Waals surface area contributed by atoms with E-state index in [2.05, 4.69) is 57.5 Å². The lowest BCUT2D eigenvalue weighted by Gasteiger charge is -2.30. The molecule has 1 aromatic rings. The molecule has 3 saturated carbocycles. The molecule has 0 saturated heterocycles. The molecule has 3 amide bonds. The highest BCUT2D eigenvalue weighted by molar-refractivity contribution is 5.99. The topological polar surface area (TPSA) is 87.3 Å². The summed E-state index contributed by atoms with van der Waals surface area (Å²) in [6.45, 7) is 13.4. The first-order valence-electron chi connectivity index (χ1n) is 16.7. The fourth-order valence-electron chi connectivity index (χ4n) is 7.40. The SMILES string of the molecule is CC(C)=C1CCC(C(=O)Nc2cc(NC(=O)C3CCC(C(C)C)CC3)cc(NC(=O)C3CCC(C(C)C)CC3)c2)CC1. The molecular weight excluding hydrogens is 522 g/mol. The highest BCUT2D eigenvalue weighted by Crippen LogP contribution is 2.36. The van der Waals surface area contributed by atoms with Crippen LogP contribution in [0, 0.1) is 41.4 Å².